The molecule has 9 nitrogen and oxygen atoms in total. The van der Waals surface area contributed by atoms with Crippen molar-refractivity contribution in [1.29, 1.82) is 0 Å². The predicted molar refractivity (Wildman–Crippen MR) is 134 cm³/mol. The molecular weight excluding hydrogens is 484 g/mol. The smallest absolute Gasteiger partial charge is 0.417 e. The summed E-state index contributed by atoms with van der Waals surface area (Å²) in [4.78, 5) is 23.6. The van der Waals surface area contributed by atoms with E-state index >= 15 is 0 Å². The van der Waals surface area contributed by atoms with Gasteiger partial charge < -0.3 is 14.6 Å². The fourth-order valence-corrected chi connectivity index (χ4v) is 5.10. The van der Waals surface area contributed by atoms with Gasteiger partial charge >= 0.3 is 12.1 Å². The molecule has 0 aromatic heterocycles. The number of fused-ring (bicyclic) bond motifs is 1. The molecule has 0 fully saturated rings. The van der Waals surface area contributed by atoms with E-state index in [1.807, 2.05) is 12.1 Å². The molecular formula is C26H26N2O7S. The molecule has 0 saturated carbocycles. The minimum Gasteiger partial charge on any atom is -0.493 e. The summed E-state index contributed by atoms with van der Waals surface area (Å²) in [5.74, 6) is -0.477. The van der Waals surface area contributed by atoms with Crippen molar-refractivity contribution in [3.8, 4) is 22.6 Å². The third-order valence-corrected chi connectivity index (χ3v) is 7.17. The topological polar surface area (TPSA) is 131 Å². The molecule has 1 aliphatic heterocycles. The normalized spacial score (nSPS) is 13.5. The van der Waals surface area contributed by atoms with Crippen molar-refractivity contribution in [3.05, 3.63) is 72.3 Å². The number of hydrogen-bond donors (Lipinski definition) is 3. The van der Waals surface area contributed by atoms with E-state index < -0.39 is 34.0 Å². The van der Waals surface area contributed by atoms with Gasteiger partial charge in [0.05, 0.1) is 11.5 Å². The van der Waals surface area contributed by atoms with Crippen LogP contribution in [0.15, 0.2) is 71.6 Å². The van der Waals surface area contributed by atoms with Gasteiger partial charge in [-0.2, -0.15) is 4.72 Å². The molecule has 0 radical (unpaired) electrons. The summed E-state index contributed by atoms with van der Waals surface area (Å²) in [6.07, 6.45) is 0.177. The van der Waals surface area contributed by atoms with E-state index in [0.717, 1.165) is 28.9 Å². The Hall–Kier alpha value is -3.89. The van der Waals surface area contributed by atoms with Gasteiger partial charge in [0.15, 0.2) is 0 Å². The van der Waals surface area contributed by atoms with Crippen molar-refractivity contribution in [2.75, 3.05) is 11.9 Å². The SMILES string of the molecule is CC(C)[C@@H](NS(=O)(=O)c1ccc(-c2ccc(OC(=O)Nc3ccc4c(c3)CCO4)cc2)cc1)C(=O)O. The number of amides is 1. The molecule has 1 amide bonds. The lowest BCUT2D eigenvalue weighted by atomic mass is 10.1. The van der Waals surface area contributed by atoms with E-state index in [1.165, 1.54) is 12.1 Å². The number of carboxylic acid groups (broad SMARTS) is 1. The van der Waals surface area contributed by atoms with Crippen LogP contribution in [0.5, 0.6) is 11.5 Å². The average molecular weight is 511 g/mol. The Morgan fingerprint density at radius 3 is 2.22 bits per heavy atom. The zero-order chi connectivity index (χ0) is 25.9. The molecule has 3 aromatic carbocycles. The summed E-state index contributed by atoms with van der Waals surface area (Å²) in [7, 11) is -4.00. The highest BCUT2D eigenvalue weighted by molar-refractivity contribution is 7.89. The third-order valence-electron chi connectivity index (χ3n) is 5.71. The van der Waals surface area contributed by atoms with Crippen LogP contribution in [0.3, 0.4) is 0 Å². The van der Waals surface area contributed by atoms with Gasteiger partial charge in [0.1, 0.15) is 17.5 Å². The highest BCUT2D eigenvalue weighted by atomic mass is 32.2. The van der Waals surface area contributed by atoms with Crippen LogP contribution in [0.1, 0.15) is 19.4 Å². The zero-order valence-electron chi connectivity index (χ0n) is 19.7. The number of anilines is 1. The van der Waals surface area contributed by atoms with E-state index in [1.54, 1.807) is 56.3 Å². The molecule has 1 atom stereocenters. The number of benzene rings is 3. The van der Waals surface area contributed by atoms with Crippen LogP contribution in [0.25, 0.3) is 11.1 Å². The monoisotopic (exact) mass is 510 g/mol. The molecule has 4 rings (SSSR count). The number of rotatable bonds is 8. The number of ether oxygens (including phenoxy) is 2. The third kappa shape index (κ3) is 5.84. The maximum Gasteiger partial charge on any atom is 0.417 e. The molecule has 0 spiro atoms. The van der Waals surface area contributed by atoms with Crippen LogP contribution in [-0.2, 0) is 21.2 Å². The molecule has 3 N–H and O–H groups in total. The van der Waals surface area contributed by atoms with E-state index in [9.17, 15) is 23.1 Å². The molecule has 0 bridgehead atoms. The molecule has 1 aliphatic rings. The van der Waals surface area contributed by atoms with Crippen molar-refractivity contribution in [3.63, 3.8) is 0 Å². The Kier molecular flexibility index (Phi) is 7.27. The van der Waals surface area contributed by atoms with E-state index in [0.29, 0.717) is 18.0 Å². The second kappa shape index (κ2) is 10.4. The number of hydrogen-bond acceptors (Lipinski definition) is 6. The quantitative estimate of drug-likeness (QED) is 0.412. The maximum absolute atomic E-state index is 12.6. The van der Waals surface area contributed by atoms with Crippen LogP contribution in [0, 0.1) is 5.92 Å². The molecule has 1 heterocycles. The molecule has 0 aliphatic carbocycles. The van der Waals surface area contributed by atoms with Gasteiger partial charge in [-0.1, -0.05) is 38.1 Å². The fourth-order valence-electron chi connectivity index (χ4n) is 3.76. The first kappa shape index (κ1) is 25.2. The fraction of sp³-hybridized carbons (Fsp3) is 0.231. The van der Waals surface area contributed by atoms with Crippen LogP contribution < -0.4 is 19.5 Å². The first-order valence-electron chi connectivity index (χ1n) is 11.3. The van der Waals surface area contributed by atoms with Gasteiger partial charge in [-0.3, -0.25) is 10.1 Å². The lowest BCUT2D eigenvalue weighted by Crippen LogP contribution is -2.44. The van der Waals surface area contributed by atoms with Crippen molar-refractivity contribution < 1.29 is 32.6 Å². The molecule has 3 aromatic rings. The number of carbonyl (C=O) groups excluding carboxylic acids is 1. The minimum absolute atomic E-state index is 0.0344. The number of carbonyl (C=O) groups is 2. The van der Waals surface area contributed by atoms with Crippen LogP contribution >= 0.6 is 0 Å². The summed E-state index contributed by atoms with van der Waals surface area (Å²) in [6.45, 7) is 3.89. The molecule has 0 saturated heterocycles. The van der Waals surface area contributed by atoms with Gasteiger partial charge in [0, 0.05) is 12.1 Å². The zero-order valence-corrected chi connectivity index (χ0v) is 20.5. The summed E-state index contributed by atoms with van der Waals surface area (Å²) in [5, 5.41) is 12.0. The van der Waals surface area contributed by atoms with E-state index in [2.05, 4.69) is 10.0 Å². The molecule has 36 heavy (non-hydrogen) atoms. The summed E-state index contributed by atoms with van der Waals surface area (Å²) < 4.78 is 38.2. The largest absolute Gasteiger partial charge is 0.493 e. The Bertz CT molecular complexity index is 1370. The van der Waals surface area contributed by atoms with E-state index in [-0.39, 0.29) is 4.90 Å². The second-order valence-electron chi connectivity index (χ2n) is 8.67. The summed E-state index contributed by atoms with van der Waals surface area (Å²) in [5.41, 5.74) is 3.18. The van der Waals surface area contributed by atoms with E-state index in [4.69, 9.17) is 9.47 Å². The van der Waals surface area contributed by atoms with Gasteiger partial charge in [-0.15, -0.1) is 0 Å². The standard InChI is InChI=1S/C26H26N2O7S/c1-16(2)24(25(29)30)28-36(32,33)22-10-5-18(6-11-22)17-3-8-21(9-4-17)35-26(31)27-20-7-12-23-19(15-20)13-14-34-23/h3-12,15-16,24,28H,13-14H2,1-2H3,(H,27,31)(H,29,30)/t24-/m1/s1. The van der Waals surface area contributed by atoms with Gasteiger partial charge in [-0.25, -0.2) is 13.2 Å². The summed E-state index contributed by atoms with van der Waals surface area (Å²) >= 11 is 0. The van der Waals surface area contributed by atoms with Crippen molar-refractivity contribution >= 4 is 27.8 Å². The van der Waals surface area contributed by atoms with Gasteiger partial charge in [0.25, 0.3) is 0 Å². The number of sulfonamides is 1. The van der Waals surface area contributed by atoms with Gasteiger partial charge in [-0.05, 0) is 65.1 Å². The second-order valence-corrected chi connectivity index (χ2v) is 10.4. The Labute approximate surface area is 209 Å². The molecule has 0 unspecified atom stereocenters. The van der Waals surface area contributed by atoms with Crippen LogP contribution in [0.4, 0.5) is 10.5 Å². The lowest BCUT2D eigenvalue weighted by Gasteiger charge is -2.18. The van der Waals surface area contributed by atoms with Crippen LogP contribution in [0.2, 0.25) is 0 Å². The van der Waals surface area contributed by atoms with Crippen LogP contribution in [-0.4, -0.2) is 38.2 Å². The number of nitrogens with one attached hydrogen (secondary N) is 2. The Balaban J connectivity index is 1.39. The number of carboxylic acids is 1. The van der Waals surface area contributed by atoms with Crippen molar-refractivity contribution in [1.82, 2.24) is 4.72 Å². The molecule has 10 heteroatoms. The lowest BCUT2D eigenvalue weighted by molar-refractivity contribution is -0.140. The highest BCUT2D eigenvalue weighted by Gasteiger charge is 2.28. The first-order chi connectivity index (χ1) is 17.1. The Morgan fingerprint density at radius 1 is 0.972 bits per heavy atom. The number of aliphatic carboxylic acids is 1. The van der Waals surface area contributed by atoms with Crippen molar-refractivity contribution in [2.45, 2.75) is 31.2 Å². The Morgan fingerprint density at radius 2 is 1.61 bits per heavy atom. The maximum atomic E-state index is 12.6. The average Bonchev–Trinajstić information content (AvgIpc) is 3.31. The summed E-state index contributed by atoms with van der Waals surface area (Å²) in [6, 6.07) is 17.0. The molecule has 188 valence electrons. The predicted octanol–water partition coefficient (Wildman–Crippen LogP) is 4.29. The van der Waals surface area contributed by atoms with Crippen molar-refractivity contribution in [2.24, 2.45) is 5.92 Å². The minimum atomic E-state index is -4.00. The highest BCUT2D eigenvalue weighted by Crippen LogP contribution is 2.28. The van der Waals surface area contributed by atoms with Gasteiger partial charge in [0.2, 0.25) is 10.0 Å². The first-order valence-corrected chi connectivity index (χ1v) is 12.8.